The van der Waals surface area contributed by atoms with Crippen molar-refractivity contribution < 1.29 is 4.74 Å². The number of rotatable bonds is 4. The highest BCUT2D eigenvalue weighted by molar-refractivity contribution is 4.66. The molecule has 1 rings (SSSR count). The van der Waals surface area contributed by atoms with Gasteiger partial charge in [-0.15, -0.1) is 0 Å². The Labute approximate surface area is 81.2 Å². The quantitative estimate of drug-likeness (QED) is 0.661. The van der Waals surface area contributed by atoms with Gasteiger partial charge in [-0.2, -0.15) is 0 Å². The van der Waals surface area contributed by atoms with E-state index in [1.54, 1.807) is 0 Å². The van der Waals surface area contributed by atoms with Gasteiger partial charge in [0.05, 0.1) is 6.10 Å². The molecular weight excluding hydrogens is 164 g/mol. The third-order valence-electron chi connectivity index (χ3n) is 2.46. The van der Waals surface area contributed by atoms with Crippen LogP contribution in [0.2, 0.25) is 0 Å². The Bertz CT molecular complexity index is 130. The smallest absolute Gasteiger partial charge is 0.0673 e. The molecule has 0 saturated carbocycles. The van der Waals surface area contributed by atoms with Gasteiger partial charge in [0.15, 0.2) is 0 Å². The van der Waals surface area contributed by atoms with E-state index >= 15 is 0 Å². The highest BCUT2D eigenvalue weighted by Crippen LogP contribution is 2.06. The Morgan fingerprint density at radius 3 is 3.08 bits per heavy atom. The monoisotopic (exact) mass is 186 g/mol. The Hall–Kier alpha value is -0.120. The van der Waals surface area contributed by atoms with Crippen LogP contribution in [0.25, 0.3) is 0 Å². The highest BCUT2D eigenvalue weighted by atomic mass is 16.5. The van der Waals surface area contributed by atoms with E-state index in [2.05, 4.69) is 11.8 Å². The van der Waals surface area contributed by atoms with Crippen LogP contribution in [-0.4, -0.2) is 43.8 Å². The molecule has 0 aliphatic carbocycles. The molecule has 0 radical (unpaired) electrons. The third kappa shape index (κ3) is 4.60. The summed E-state index contributed by atoms with van der Waals surface area (Å²) >= 11 is 0. The molecule has 3 nitrogen and oxygen atoms in total. The van der Waals surface area contributed by atoms with Crippen LogP contribution in [0.5, 0.6) is 0 Å². The number of nitrogens with zero attached hydrogens (tertiary/aromatic N) is 1. The second-order valence-electron chi connectivity index (χ2n) is 3.83. The first-order valence-electron chi connectivity index (χ1n) is 5.37. The van der Waals surface area contributed by atoms with Crippen molar-refractivity contribution in [3.8, 4) is 0 Å². The lowest BCUT2D eigenvalue weighted by Gasteiger charge is -2.21. The molecule has 0 aromatic heterocycles. The van der Waals surface area contributed by atoms with E-state index in [-0.39, 0.29) is 0 Å². The van der Waals surface area contributed by atoms with E-state index in [0.717, 1.165) is 26.1 Å². The van der Waals surface area contributed by atoms with Crippen LogP contribution < -0.4 is 5.73 Å². The Balaban J connectivity index is 2.15. The molecule has 0 amide bonds. The molecule has 1 fully saturated rings. The maximum atomic E-state index is 5.57. The van der Waals surface area contributed by atoms with Crippen molar-refractivity contribution in [3.63, 3.8) is 0 Å². The fourth-order valence-electron chi connectivity index (χ4n) is 1.76. The molecule has 78 valence electrons. The molecule has 3 heteroatoms. The number of nitrogens with two attached hydrogens (primary N) is 1. The van der Waals surface area contributed by atoms with Crippen molar-refractivity contribution in [1.29, 1.82) is 0 Å². The first-order valence-corrected chi connectivity index (χ1v) is 5.37. The second-order valence-corrected chi connectivity index (χ2v) is 3.83. The summed E-state index contributed by atoms with van der Waals surface area (Å²) in [6.07, 6.45) is 3.95. The first kappa shape index (κ1) is 11.0. The molecule has 1 heterocycles. The van der Waals surface area contributed by atoms with Crippen LogP contribution in [0, 0.1) is 0 Å². The Morgan fingerprint density at radius 1 is 1.46 bits per heavy atom. The fourth-order valence-corrected chi connectivity index (χ4v) is 1.76. The molecule has 13 heavy (non-hydrogen) atoms. The lowest BCUT2D eigenvalue weighted by atomic mass is 10.2. The zero-order valence-corrected chi connectivity index (χ0v) is 8.67. The molecule has 0 bridgehead atoms. The van der Waals surface area contributed by atoms with E-state index < -0.39 is 0 Å². The van der Waals surface area contributed by atoms with Gasteiger partial charge in [0, 0.05) is 19.7 Å². The summed E-state index contributed by atoms with van der Waals surface area (Å²) in [7, 11) is 0. The standard InChI is InChI=1S/C10H22N2O/c1-10-9-12(6-3-2-5-11)7-4-8-13-10/h10H,2-9,11H2,1H3. The van der Waals surface area contributed by atoms with Crippen molar-refractivity contribution >= 4 is 0 Å². The van der Waals surface area contributed by atoms with Crippen molar-refractivity contribution in [2.45, 2.75) is 32.3 Å². The Morgan fingerprint density at radius 2 is 2.31 bits per heavy atom. The van der Waals surface area contributed by atoms with Crippen LogP contribution in [0.4, 0.5) is 0 Å². The summed E-state index contributed by atoms with van der Waals surface area (Å²) in [6, 6.07) is 0. The van der Waals surface area contributed by atoms with Gasteiger partial charge in [-0.05, 0) is 39.3 Å². The van der Waals surface area contributed by atoms with Crippen molar-refractivity contribution in [2.75, 3.05) is 32.8 Å². The topological polar surface area (TPSA) is 38.5 Å². The van der Waals surface area contributed by atoms with E-state index in [4.69, 9.17) is 10.5 Å². The maximum Gasteiger partial charge on any atom is 0.0673 e. The summed E-state index contributed by atoms with van der Waals surface area (Å²) in [5.74, 6) is 0. The van der Waals surface area contributed by atoms with E-state index in [1.807, 2.05) is 0 Å². The number of hydrogen-bond donors (Lipinski definition) is 1. The molecule has 0 spiro atoms. The molecule has 0 aromatic rings. The van der Waals surface area contributed by atoms with Crippen molar-refractivity contribution in [2.24, 2.45) is 5.73 Å². The van der Waals surface area contributed by atoms with Crippen LogP contribution in [0.3, 0.4) is 0 Å². The molecule has 2 N–H and O–H groups in total. The van der Waals surface area contributed by atoms with E-state index in [9.17, 15) is 0 Å². The minimum Gasteiger partial charge on any atom is -0.377 e. The second kappa shape index (κ2) is 6.35. The van der Waals surface area contributed by atoms with Gasteiger partial charge in [0.2, 0.25) is 0 Å². The highest BCUT2D eigenvalue weighted by Gasteiger charge is 2.13. The minimum atomic E-state index is 0.403. The lowest BCUT2D eigenvalue weighted by molar-refractivity contribution is 0.0676. The predicted molar refractivity (Wildman–Crippen MR) is 54.8 cm³/mol. The van der Waals surface area contributed by atoms with Crippen molar-refractivity contribution in [1.82, 2.24) is 4.90 Å². The molecule has 1 atom stereocenters. The lowest BCUT2D eigenvalue weighted by Crippen LogP contribution is -2.31. The zero-order chi connectivity index (χ0) is 9.52. The molecule has 0 aromatic carbocycles. The predicted octanol–water partition coefficient (Wildman–Crippen LogP) is 0.836. The first-order chi connectivity index (χ1) is 6.33. The average molecular weight is 186 g/mol. The largest absolute Gasteiger partial charge is 0.377 e. The number of hydrogen-bond acceptors (Lipinski definition) is 3. The van der Waals surface area contributed by atoms with Crippen LogP contribution in [-0.2, 0) is 4.74 Å². The molecule has 1 saturated heterocycles. The normalized spacial score (nSPS) is 25.8. The third-order valence-corrected chi connectivity index (χ3v) is 2.46. The Kier molecular flexibility index (Phi) is 5.35. The van der Waals surface area contributed by atoms with E-state index in [0.29, 0.717) is 6.10 Å². The van der Waals surface area contributed by atoms with Crippen LogP contribution in [0.15, 0.2) is 0 Å². The van der Waals surface area contributed by atoms with Gasteiger partial charge in [-0.1, -0.05) is 0 Å². The van der Waals surface area contributed by atoms with Crippen LogP contribution >= 0.6 is 0 Å². The van der Waals surface area contributed by atoms with Gasteiger partial charge >= 0.3 is 0 Å². The maximum absolute atomic E-state index is 5.57. The van der Waals surface area contributed by atoms with Gasteiger partial charge in [-0.3, -0.25) is 0 Å². The van der Waals surface area contributed by atoms with Crippen molar-refractivity contribution in [3.05, 3.63) is 0 Å². The number of ether oxygens (including phenoxy) is 1. The SMILES string of the molecule is CC1CN(CCCCN)CCCO1. The summed E-state index contributed by atoms with van der Waals surface area (Å²) in [4.78, 5) is 2.49. The molecule has 1 aliphatic heterocycles. The van der Waals surface area contributed by atoms with Gasteiger partial charge in [0.25, 0.3) is 0 Å². The minimum absolute atomic E-state index is 0.403. The summed E-state index contributed by atoms with van der Waals surface area (Å²) < 4.78 is 5.57. The van der Waals surface area contributed by atoms with Gasteiger partial charge < -0.3 is 15.4 Å². The summed E-state index contributed by atoms with van der Waals surface area (Å²) in [5, 5.41) is 0. The molecular formula is C10H22N2O. The van der Waals surface area contributed by atoms with Gasteiger partial charge in [-0.25, -0.2) is 0 Å². The zero-order valence-electron chi connectivity index (χ0n) is 8.67. The summed E-state index contributed by atoms with van der Waals surface area (Å²) in [6.45, 7) is 7.36. The summed E-state index contributed by atoms with van der Waals surface area (Å²) in [5.41, 5.74) is 5.46. The van der Waals surface area contributed by atoms with E-state index in [1.165, 1.54) is 25.9 Å². The van der Waals surface area contributed by atoms with Crippen LogP contribution in [0.1, 0.15) is 26.2 Å². The number of unbranched alkanes of at least 4 members (excludes halogenated alkanes) is 1. The molecule has 1 aliphatic rings. The molecule has 1 unspecified atom stereocenters. The average Bonchev–Trinajstić information content (AvgIpc) is 2.31. The van der Waals surface area contributed by atoms with Gasteiger partial charge in [0.1, 0.15) is 0 Å². The fraction of sp³-hybridized carbons (Fsp3) is 1.00.